The standard InChI is InChI=1S/C28H27FN6OS/c1-15-6-16(12-35-13-17-7-23(28(2,3)4)37-25(17)27(35)36)21(29)8-19(15)24-20-9-22(18-10-32-34(5)11-18)33-26(20)31-14-30-24/h6-11,14H,12-13H2,1-5H3,(H,30,31,33). The van der Waals surface area contributed by atoms with Crippen molar-refractivity contribution in [3.05, 3.63) is 75.2 Å². The second kappa shape index (κ2) is 8.34. The fourth-order valence-electron chi connectivity index (χ4n) is 4.84. The van der Waals surface area contributed by atoms with Crippen molar-refractivity contribution in [3.63, 3.8) is 0 Å². The van der Waals surface area contributed by atoms with Crippen LogP contribution in [0.2, 0.25) is 0 Å². The molecule has 1 aliphatic rings. The van der Waals surface area contributed by atoms with E-state index in [1.54, 1.807) is 27.1 Å². The van der Waals surface area contributed by atoms with E-state index in [0.29, 0.717) is 29.0 Å². The molecule has 1 aromatic carbocycles. The van der Waals surface area contributed by atoms with E-state index in [9.17, 15) is 4.79 Å². The van der Waals surface area contributed by atoms with Gasteiger partial charge in [-0.05, 0) is 41.7 Å². The average Bonchev–Trinajstić information content (AvgIpc) is 3.60. The predicted octanol–water partition coefficient (Wildman–Crippen LogP) is 5.99. The van der Waals surface area contributed by atoms with Gasteiger partial charge in [-0.1, -0.05) is 26.8 Å². The molecule has 4 aromatic heterocycles. The van der Waals surface area contributed by atoms with Crippen molar-refractivity contribution in [3.8, 4) is 22.5 Å². The van der Waals surface area contributed by atoms with E-state index in [4.69, 9.17) is 0 Å². The summed E-state index contributed by atoms with van der Waals surface area (Å²) in [6, 6.07) is 7.45. The summed E-state index contributed by atoms with van der Waals surface area (Å²) in [5.74, 6) is -0.377. The second-order valence-corrected chi connectivity index (χ2v) is 11.8. The minimum absolute atomic E-state index is 0.00377. The maximum atomic E-state index is 15.4. The molecule has 0 unspecified atom stereocenters. The van der Waals surface area contributed by atoms with Crippen LogP contribution in [0.15, 0.2) is 43.0 Å². The Labute approximate surface area is 218 Å². The average molecular weight is 515 g/mol. The van der Waals surface area contributed by atoms with Gasteiger partial charge in [0.1, 0.15) is 17.8 Å². The number of carbonyl (C=O) groups is 1. The van der Waals surface area contributed by atoms with E-state index in [0.717, 1.165) is 32.6 Å². The summed E-state index contributed by atoms with van der Waals surface area (Å²) in [4.78, 5) is 29.0. The molecule has 5 aromatic rings. The highest BCUT2D eigenvalue weighted by molar-refractivity contribution is 7.14. The zero-order valence-electron chi connectivity index (χ0n) is 21.4. The third-order valence-corrected chi connectivity index (χ3v) is 8.43. The Morgan fingerprint density at radius 3 is 2.68 bits per heavy atom. The molecule has 0 spiro atoms. The number of halogens is 1. The molecule has 0 saturated carbocycles. The number of benzene rings is 1. The smallest absolute Gasteiger partial charge is 0.264 e. The van der Waals surface area contributed by atoms with Crippen LogP contribution < -0.4 is 0 Å². The molecule has 9 heteroatoms. The quantitative estimate of drug-likeness (QED) is 0.320. The molecule has 1 amide bonds. The fourth-order valence-corrected chi connectivity index (χ4v) is 6.04. The van der Waals surface area contributed by atoms with Crippen LogP contribution >= 0.6 is 11.3 Å². The van der Waals surface area contributed by atoms with Gasteiger partial charge in [0.05, 0.1) is 22.5 Å². The van der Waals surface area contributed by atoms with Crippen molar-refractivity contribution in [2.24, 2.45) is 7.05 Å². The lowest BCUT2D eigenvalue weighted by Crippen LogP contribution is -2.24. The number of fused-ring (bicyclic) bond motifs is 2. The van der Waals surface area contributed by atoms with E-state index < -0.39 is 0 Å². The molecule has 6 rings (SSSR count). The van der Waals surface area contributed by atoms with Crippen molar-refractivity contribution in [1.82, 2.24) is 29.6 Å². The molecule has 1 aliphatic heterocycles. The minimum atomic E-state index is -0.353. The Morgan fingerprint density at radius 1 is 1.16 bits per heavy atom. The first-order valence-electron chi connectivity index (χ1n) is 12.1. The number of hydrogen-bond acceptors (Lipinski definition) is 5. The molecule has 1 N–H and O–H groups in total. The molecular weight excluding hydrogens is 487 g/mol. The third-order valence-electron chi connectivity index (χ3n) is 6.84. The summed E-state index contributed by atoms with van der Waals surface area (Å²) in [7, 11) is 1.86. The minimum Gasteiger partial charge on any atom is -0.339 e. The summed E-state index contributed by atoms with van der Waals surface area (Å²) in [6.45, 7) is 9.12. The Morgan fingerprint density at radius 2 is 1.97 bits per heavy atom. The maximum Gasteiger partial charge on any atom is 0.264 e. The maximum absolute atomic E-state index is 15.4. The molecular formula is C28H27FN6OS. The number of amides is 1. The number of H-pyrrole nitrogens is 1. The summed E-state index contributed by atoms with van der Waals surface area (Å²) >= 11 is 1.55. The van der Waals surface area contributed by atoms with E-state index in [1.807, 2.05) is 32.3 Å². The number of hydrogen-bond donors (Lipinski definition) is 1. The summed E-state index contributed by atoms with van der Waals surface area (Å²) < 4.78 is 17.2. The number of carbonyl (C=O) groups excluding carboxylic acids is 1. The van der Waals surface area contributed by atoms with Crippen molar-refractivity contribution in [2.75, 3.05) is 0 Å². The number of aromatic nitrogens is 5. The van der Waals surface area contributed by atoms with Gasteiger partial charge in [0, 0.05) is 53.3 Å². The van der Waals surface area contributed by atoms with Gasteiger partial charge >= 0.3 is 0 Å². The first kappa shape index (κ1) is 23.5. The van der Waals surface area contributed by atoms with Gasteiger partial charge in [0.15, 0.2) is 0 Å². The van der Waals surface area contributed by atoms with Crippen molar-refractivity contribution < 1.29 is 9.18 Å². The molecule has 0 atom stereocenters. The normalized spacial score (nSPS) is 13.7. The van der Waals surface area contributed by atoms with Crippen LogP contribution in [0.25, 0.3) is 33.5 Å². The number of aryl methyl sites for hydroxylation is 2. The zero-order valence-corrected chi connectivity index (χ0v) is 22.2. The number of rotatable bonds is 4. The Hall–Kier alpha value is -3.85. The SMILES string of the molecule is Cc1cc(CN2Cc3cc(C(C)(C)C)sc3C2=O)c(F)cc1-c1ncnc2[nH]c(-c3cnn(C)c3)cc12. The van der Waals surface area contributed by atoms with Crippen LogP contribution in [0.1, 0.15) is 52.0 Å². The van der Waals surface area contributed by atoms with Gasteiger partial charge in [0.25, 0.3) is 5.91 Å². The molecule has 188 valence electrons. The second-order valence-electron chi connectivity index (χ2n) is 10.7. The van der Waals surface area contributed by atoms with Crippen LogP contribution in [-0.2, 0) is 25.6 Å². The Balaban J connectivity index is 1.30. The molecule has 7 nitrogen and oxygen atoms in total. The Kier molecular flexibility index (Phi) is 5.31. The highest BCUT2D eigenvalue weighted by Crippen LogP contribution is 2.38. The number of nitrogens with zero attached hydrogens (tertiary/aromatic N) is 5. The van der Waals surface area contributed by atoms with Crippen LogP contribution in [0.4, 0.5) is 4.39 Å². The molecule has 0 bridgehead atoms. The number of aromatic amines is 1. The van der Waals surface area contributed by atoms with E-state index in [-0.39, 0.29) is 23.7 Å². The van der Waals surface area contributed by atoms with Crippen LogP contribution in [0.3, 0.4) is 0 Å². The van der Waals surface area contributed by atoms with Crippen LogP contribution in [0, 0.1) is 12.7 Å². The largest absolute Gasteiger partial charge is 0.339 e. The van der Waals surface area contributed by atoms with Gasteiger partial charge in [-0.15, -0.1) is 11.3 Å². The van der Waals surface area contributed by atoms with Gasteiger partial charge < -0.3 is 9.88 Å². The summed E-state index contributed by atoms with van der Waals surface area (Å²) in [6.07, 6.45) is 5.18. The number of nitrogens with one attached hydrogen (secondary N) is 1. The summed E-state index contributed by atoms with van der Waals surface area (Å²) in [5.41, 5.74) is 6.26. The van der Waals surface area contributed by atoms with Crippen molar-refractivity contribution in [2.45, 2.75) is 46.2 Å². The Bertz CT molecular complexity index is 1690. The third kappa shape index (κ3) is 4.03. The predicted molar refractivity (Wildman–Crippen MR) is 143 cm³/mol. The highest BCUT2D eigenvalue weighted by atomic mass is 32.1. The van der Waals surface area contributed by atoms with E-state index >= 15 is 4.39 Å². The highest BCUT2D eigenvalue weighted by Gasteiger charge is 2.32. The zero-order chi connectivity index (χ0) is 26.1. The molecule has 5 heterocycles. The lowest BCUT2D eigenvalue weighted by Gasteiger charge is -2.19. The van der Waals surface area contributed by atoms with Crippen LogP contribution in [-0.4, -0.2) is 35.5 Å². The molecule has 0 fully saturated rings. The molecule has 0 saturated heterocycles. The lowest BCUT2D eigenvalue weighted by molar-refractivity contribution is 0.0768. The van der Waals surface area contributed by atoms with Gasteiger partial charge in [-0.25, -0.2) is 14.4 Å². The van der Waals surface area contributed by atoms with E-state index in [1.165, 1.54) is 17.3 Å². The van der Waals surface area contributed by atoms with Crippen molar-refractivity contribution in [1.29, 1.82) is 0 Å². The molecule has 0 radical (unpaired) electrons. The molecule has 0 aliphatic carbocycles. The first-order chi connectivity index (χ1) is 17.6. The van der Waals surface area contributed by atoms with E-state index in [2.05, 4.69) is 46.9 Å². The lowest BCUT2D eigenvalue weighted by atomic mass is 9.94. The number of thiophene rings is 1. The van der Waals surface area contributed by atoms with Gasteiger partial charge in [0.2, 0.25) is 0 Å². The summed E-state index contributed by atoms with van der Waals surface area (Å²) in [5, 5.41) is 5.05. The monoisotopic (exact) mass is 514 g/mol. The van der Waals surface area contributed by atoms with Crippen LogP contribution in [0.5, 0.6) is 0 Å². The van der Waals surface area contributed by atoms with Crippen molar-refractivity contribution >= 4 is 28.3 Å². The first-order valence-corrected chi connectivity index (χ1v) is 12.9. The topological polar surface area (TPSA) is 79.7 Å². The van der Waals surface area contributed by atoms with Gasteiger partial charge in [-0.3, -0.25) is 9.48 Å². The fraction of sp³-hybridized carbons (Fsp3) is 0.286. The van der Waals surface area contributed by atoms with Gasteiger partial charge in [-0.2, -0.15) is 5.10 Å². The molecule has 37 heavy (non-hydrogen) atoms.